The Kier molecular flexibility index (Phi) is 5.97. The van der Waals surface area contributed by atoms with Crippen LogP contribution in [0, 0.1) is 6.92 Å². The van der Waals surface area contributed by atoms with E-state index in [4.69, 9.17) is 5.14 Å². The summed E-state index contributed by atoms with van der Waals surface area (Å²) in [6, 6.07) is 8.93. The van der Waals surface area contributed by atoms with E-state index in [1.54, 1.807) is 13.0 Å². The van der Waals surface area contributed by atoms with E-state index in [1.165, 1.54) is 30.5 Å². The van der Waals surface area contributed by atoms with Gasteiger partial charge in [-0.15, -0.1) is 11.3 Å². The molecule has 0 unspecified atom stereocenters. The number of sulfonamides is 1. The lowest BCUT2D eigenvalue weighted by Crippen LogP contribution is -2.16. The van der Waals surface area contributed by atoms with Crippen molar-refractivity contribution in [3.05, 3.63) is 75.8 Å². The number of carbonyl (C=O) groups excluding carboxylic acids is 1. The maximum Gasteiger partial charge on any atom is 0.416 e. The minimum Gasteiger partial charge on any atom is -0.298 e. The van der Waals surface area contributed by atoms with Crippen molar-refractivity contribution < 1.29 is 26.4 Å². The van der Waals surface area contributed by atoms with Crippen LogP contribution in [0.25, 0.3) is 0 Å². The van der Waals surface area contributed by atoms with Crippen molar-refractivity contribution in [1.82, 2.24) is 4.98 Å². The molecule has 0 bridgehead atoms. The second kappa shape index (κ2) is 8.17. The van der Waals surface area contributed by atoms with Gasteiger partial charge < -0.3 is 0 Å². The maximum atomic E-state index is 12.8. The number of carbonyl (C=O) groups is 1. The Morgan fingerprint density at radius 3 is 2.60 bits per heavy atom. The van der Waals surface area contributed by atoms with Crippen molar-refractivity contribution in [3.8, 4) is 0 Å². The molecular formula is C19H16F3N3O3S2. The van der Waals surface area contributed by atoms with E-state index in [1.807, 2.05) is 0 Å². The van der Waals surface area contributed by atoms with Gasteiger partial charge in [0.1, 0.15) is 0 Å². The Morgan fingerprint density at radius 1 is 1.20 bits per heavy atom. The summed E-state index contributed by atoms with van der Waals surface area (Å²) in [5, 5.41) is 7.91. The van der Waals surface area contributed by atoms with E-state index in [-0.39, 0.29) is 22.0 Å². The average molecular weight is 455 g/mol. The van der Waals surface area contributed by atoms with Crippen LogP contribution in [0.2, 0.25) is 0 Å². The molecule has 0 saturated heterocycles. The minimum absolute atomic E-state index is 0.121. The summed E-state index contributed by atoms with van der Waals surface area (Å²) in [6.07, 6.45) is -2.74. The summed E-state index contributed by atoms with van der Waals surface area (Å²) >= 11 is 1.11. The van der Waals surface area contributed by atoms with Crippen molar-refractivity contribution >= 4 is 32.4 Å². The number of nitrogens with one attached hydrogen (secondary N) is 1. The molecule has 1 aromatic heterocycles. The summed E-state index contributed by atoms with van der Waals surface area (Å²) in [7, 11) is -3.97. The Hall–Kier alpha value is -2.76. The van der Waals surface area contributed by atoms with Crippen LogP contribution in [0.5, 0.6) is 0 Å². The van der Waals surface area contributed by atoms with Crippen LogP contribution in [0.3, 0.4) is 0 Å². The number of aryl methyl sites for hydroxylation is 1. The molecule has 2 aromatic carbocycles. The van der Waals surface area contributed by atoms with E-state index in [2.05, 4.69) is 10.3 Å². The molecule has 0 aliphatic rings. The van der Waals surface area contributed by atoms with Gasteiger partial charge in [0.2, 0.25) is 10.0 Å². The fraction of sp³-hybridized carbons (Fsp3) is 0.158. The highest BCUT2D eigenvalue weighted by Crippen LogP contribution is 2.30. The zero-order chi connectivity index (χ0) is 22.1. The highest BCUT2D eigenvalue weighted by Gasteiger charge is 2.30. The lowest BCUT2D eigenvalue weighted by atomic mass is 10.1. The van der Waals surface area contributed by atoms with Crippen LogP contribution in [-0.2, 0) is 22.6 Å². The smallest absolute Gasteiger partial charge is 0.298 e. The topological polar surface area (TPSA) is 102 Å². The zero-order valence-electron chi connectivity index (χ0n) is 15.5. The number of anilines is 1. The summed E-state index contributed by atoms with van der Waals surface area (Å²) in [5.74, 6) is -0.571. The van der Waals surface area contributed by atoms with E-state index >= 15 is 0 Å². The number of thiazole rings is 1. The molecule has 3 rings (SSSR count). The molecule has 0 aliphatic heterocycles. The summed E-state index contributed by atoms with van der Waals surface area (Å²) in [6.45, 7) is 1.64. The van der Waals surface area contributed by atoms with Gasteiger partial charge in [0.05, 0.1) is 10.5 Å². The third-order valence-corrected chi connectivity index (χ3v) is 6.01. The van der Waals surface area contributed by atoms with Crippen molar-refractivity contribution in [2.75, 3.05) is 5.32 Å². The first kappa shape index (κ1) is 21.9. The molecule has 0 radical (unpaired) electrons. The minimum atomic E-state index is -4.42. The molecule has 3 N–H and O–H groups in total. The highest BCUT2D eigenvalue weighted by atomic mass is 32.2. The Bertz CT molecular complexity index is 1200. The van der Waals surface area contributed by atoms with E-state index in [0.717, 1.165) is 23.5 Å². The number of alkyl halides is 3. The van der Waals surface area contributed by atoms with Crippen LogP contribution < -0.4 is 10.5 Å². The van der Waals surface area contributed by atoms with Crippen LogP contribution in [0.1, 0.15) is 31.9 Å². The number of nitrogens with zero attached hydrogens (tertiary/aromatic N) is 1. The predicted molar refractivity (Wildman–Crippen MR) is 107 cm³/mol. The third-order valence-electron chi connectivity index (χ3n) is 4.19. The summed E-state index contributed by atoms with van der Waals surface area (Å²) in [4.78, 5) is 17.1. The Labute approximate surface area is 174 Å². The van der Waals surface area contributed by atoms with Gasteiger partial charge in [0, 0.05) is 23.1 Å². The molecule has 0 fully saturated rings. The van der Waals surface area contributed by atoms with Gasteiger partial charge in [-0.05, 0) is 36.2 Å². The standard InChI is InChI=1S/C19H16F3N3O3S2/c1-11-5-6-15(30(23,27)28)9-16(11)17(26)25-18-24-10-14(29-18)8-12-3-2-4-13(7-12)19(20,21)22/h2-7,9-10H,8H2,1H3,(H2,23,27,28)(H,24,25,26). The lowest BCUT2D eigenvalue weighted by Gasteiger charge is -2.08. The van der Waals surface area contributed by atoms with Gasteiger partial charge >= 0.3 is 6.18 Å². The molecule has 1 amide bonds. The number of halogens is 3. The molecule has 30 heavy (non-hydrogen) atoms. The van der Waals surface area contributed by atoms with Crippen molar-refractivity contribution in [2.45, 2.75) is 24.4 Å². The number of hydrogen-bond donors (Lipinski definition) is 2. The molecule has 0 aliphatic carbocycles. The normalized spacial score (nSPS) is 12.0. The van der Waals surface area contributed by atoms with Gasteiger partial charge in [0.15, 0.2) is 5.13 Å². The quantitative estimate of drug-likeness (QED) is 0.608. The lowest BCUT2D eigenvalue weighted by molar-refractivity contribution is -0.137. The second-order valence-corrected chi connectivity index (χ2v) is 9.16. The van der Waals surface area contributed by atoms with Gasteiger partial charge in [0.25, 0.3) is 5.91 Å². The second-order valence-electron chi connectivity index (χ2n) is 6.48. The number of amides is 1. The van der Waals surface area contributed by atoms with Crippen LogP contribution in [0.15, 0.2) is 53.6 Å². The predicted octanol–water partition coefficient (Wildman–Crippen LogP) is 3.96. The molecule has 0 atom stereocenters. The summed E-state index contributed by atoms with van der Waals surface area (Å²) in [5.41, 5.74) is 0.392. The number of benzene rings is 2. The first-order chi connectivity index (χ1) is 13.9. The van der Waals surface area contributed by atoms with Crippen LogP contribution in [0.4, 0.5) is 18.3 Å². The highest BCUT2D eigenvalue weighted by molar-refractivity contribution is 7.89. The largest absolute Gasteiger partial charge is 0.416 e. The first-order valence-corrected chi connectivity index (χ1v) is 10.9. The molecule has 1 heterocycles. The van der Waals surface area contributed by atoms with Gasteiger partial charge in [-0.1, -0.05) is 24.3 Å². The third kappa shape index (κ3) is 5.23. The molecular weight excluding hydrogens is 439 g/mol. The zero-order valence-corrected chi connectivity index (χ0v) is 17.2. The molecule has 158 valence electrons. The van der Waals surface area contributed by atoms with Gasteiger partial charge in [-0.3, -0.25) is 10.1 Å². The fourth-order valence-electron chi connectivity index (χ4n) is 2.69. The fourth-order valence-corrected chi connectivity index (χ4v) is 4.07. The van der Waals surface area contributed by atoms with Gasteiger partial charge in [-0.25, -0.2) is 18.5 Å². The van der Waals surface area contributed by atoms with Gasteiger partial charge in [-0.2, -0.15) is 13.2 Å². The number of aromatic nitrogens is 1. The maximum absolute atomic E-state index is 12.8. The number of rotatable bonds is 5. The van der Waals surface area contributed by atoms with Crippen molar-refractivity contribution in [3.63, 3.8) is 0 Å². The number of nitrogens with two attached hydrogens (primary N) is 1. The molecule has 0 saturated carbocycles. The van der Waals surface area contributed by atoms with E-state index < -0.39 is 27.7 Å². The first-order valence-electron chi connectivity index (χ1n) is 8.49. The van der Waals surface area contributed by atoms with Crippen molar-refractivity contribution in [2.24, 2.45) is 5.14 Å². The Balaban J connectivity index is 1.76. The summed E-state index contributed by atoms with van der Waals surface area (Å²) < 4.78 is 61.6. The van der Waals surface area contributed by atoms with Crippen LogP contribution in [-0.4, -0.2) is 19.3 Å². The average Bonchev–Trinajstić information content (AvgIpc) is 3.07. The van der Waals surface area contributed by atoms with E-state index in [0.29, 0.717) is 16.0 Å². The molecule has 6 nitrogen and oxygen atoms in total. The van der Waals surface area contributed by atoms with E-state index in [9.17, 15) is 26.4 Å². The molecule has 0 spiro atoms. The number of hydrogen-bond acceptors (Lipinski definition) is 5. The van der Waals surface area contributed by atoms with Crippen molar-refractivity contribution in [1.29, 1.82) is 0 Å². The Morgan fingerprint density at radius 2 is 1.93 bits per heavy atom. The molecule has 11 heteroatoms. The van der Waals surface area contributed by atoms with Crippen LogP contribution >= 0.6 is 11.3 Å². The molecule has 3 aromatic rings. The monoisotopic (exact) mass is 455 g/mol. The SMILES string of the molecule is Cc1ccc(S(N)(=O)=O)cc1C(=O)Nc1ncc(Cc2cccc(C(F)(F)F)c2)s1. The number of primary sulfonamides is 1.